The van der Waals surface area contributed by atoms with Gasteiger partial charge in [-0.25, -0.2) is 0 Å². The SMILES string of the molecule is CCC(C)(C)C1(C=O)CC1. The van der Waals surface area contributed by atoms with Crippen LogP contribution in [-0.4, -0.2) is 6.29 Å². The molecule has 0 saturated heterocycles. The first-order valence-corrected chi connectivity index (χ1v) is 4.04. The van der Waals surface area contributed by atoms with E-state index >= 15 is 0 Å². The fraction of sp³-hybridized carbons (Fsp3) is 0.889. The van der Waals surface area contributed by atoms with Crippen molar-refractivity contribution in [2.75, 3.05) is 0 Å². The van der Waals surface area contributed by atoms with Gasteiger partial charge in [-0.15, -0.1) is 0 Å². The summed E-state index contributed by atoms with van der Waals surface area (Å²) < 4.78 is 0. The van der Waals surface area contributed by atoms with E-state index in [0.29, 0.717) is 0 Å². The van der Waals surface area contributed by atoms with Gasteiger partial charge in [0.15, 0.2) is 0 Å². The molecule has 1 saturated carbocycles. The van der Waals surface area contributed by atoms with Gasteiger partial charge < -0.3 is 4.79 Å². The highest BCUT2D eigenvalue weighted by molar-refractivity contribution is 5.65. The number of hydrogen-bond donors (Lipinski definition) is 0. The monoisotopic (exact) mass is 140 g/mol. The van der Waals surface area contributed by atoms with Crippen molar-refractivity contribution in [3.63, 3.8) is 0 Å². The topological polar surface area (TPSA) is 17.1 Å². The van der Waals surface area contributed by atoms with Crippen LogP contribution in [0.4, 0.5) is 0 Å². The molecule has 0 radical (unpaired) electrons. The van der Waals surface area contributed by atoms with E-state index in [2.05, 4.69) is 20.8 Å². The Balaban J connectivity index is 2.71. The molecule has 58 valence electrons. The molecule has 1 aliphatic rings. The molecular weight excluding hydrogens is 124 g/mol. The second kappa shape index (κ2) is 2.08. The summed E-state index contributed by atoms with van der Waals surface area (Å²) in [7, 11) is 0. The third kappa shape index (κ3) is 0.882. The summed E-state index contributed by atoms with van der Waals surface area (Å²) >= 11 is 0. The molecule has 0 unspecified atom stereocenters. The van der Waals surface area contributed by atoms with Crippen molar-refractivity contribution in [1.29, 1.82) is 0 Å². The molecule has 0 bridgehead atoms. The van der Waals surface area contributed by atoms with E-state index in [1.165, 1.54) is 0 Å². The Morgan fingerprint density at radius 2 is 2.00 bits per heavy atom. The quantitative estimate of drug-likeness (QED) is 0.550. The van der Waals surface area contributed by atoms with Crippen molar-refractivity contribution in [1.82, 2.24) is 0 Å². The van der Waals surface area contributed by atoms with Crippen molar-refractivity contribution < 1.29 is 4.79 Å². The molecule has 0 amide bonds. The minimum atomic E-state index is 0.0573. The molecule has 1 heteroatoms. The van der Waals surface area contributed by atoms with Gasteiger partial charge in [0.1, 0.15) is 6.29 Å². The Hall–Kier alpha value is -0.330. The van der Waals surface area contributed by atoms with Gasteiger partial charge in [0.2, 0.25) is 0 Å². The Kier molecular flexibility index (Phi) is 1.61. The molecule has 1 nitrogen and oxygen atoms in total. The summed E-state index contributed by atoms with van der Waals surface area (Å²) in [6.45, 7) is 6.53. The summed E-state index contributed by atoms with van der Waals surface area (Å²) in [5.74, 6) is 0. The van der Waals surface area contributed by atoms with Crippen LogP contribution >= 0.6 is 0 Å². The van der Waals surface area contributed by atoms with Crippen LogP contribution in [0.2, 0.25) is 0 Å². The molecule has 0 N–H and O–H groups in total. The number of hydrogen-bond acceptors (Lipinski definition) is 1. The second-order valence-electron chi connectivity index (χ2n) is 4.01. The van der Waals surface area contributed by atoms with Crippen LogP contribution in [0.5, 0.6) is 0 Å². The highest BCUT2D eigenvalue weighted by Crippen LogP contribution is 2.58. The van der Waals surface area contributed by atoms with Gasteiger partial charge in [0, 0.05) is 5.41 Å². The molecule has 0 aliphatic heterocycles. The van der Waals surface area contributed by atoms with Gasteiger partial charge in [-0.05, 0) is 18.3 Å². The number of carbonyl (C=O) groups is 1. The third-order valence-corrected chi connectivity index (χ3v) is 3.25. The molecule has 0 aromatic carbocycles. The zero-order valence-corrected chi connectivity index (χ0v) is 7.11. The summed E-state index contributed by atoms with van der Waals surface area (Å²) in [5, 5.41) is 0. The largest absolute Gasteiger partial charge is 0.303 e. The van der Waals surface area contributed by atoms with Crippen LogP contribution in [0.1, 0.15) is 40.0 Å². The zero-order valence-electron chi connectivity index (χ0n) is 7.11. The second-order valence-corrected chi connectivity index (χ2v) is 4.01. The average molecular weight is 140 g/mol. The lowest BCUT2D eigenvalue weighted by atomic mass is 9.75. The van der Waals surface area contributed by atoms with Gasteiger partial charge in [0.05, 0.1) is 0 Å². The van der Waals surface area contributed by atoms with Crippen LogP contribution in [0.15, 0.2) is 0 Å². The fourth-order valence-corrected chi connectivity index (χ4v) is 1.44. The smallest absolute Gasteiger partial charge is 0.126 e. The lowest BCUT2D eigenvalue weighted by molar-refractivity contribution is -0.116. The Morgan fingerprint density at radius 1 is 1.50 bits per heavy atom. The Labute approximate surface area is 62.8 Å². The average Bonchev–Trinajstić information content (AvgIpc) is 2.67. The molecule has 10 heavy (non-hydrogen) atoms. The summed E-state index contributed by atoms with van der Waals surface area (Å²) in [6, 6.07) is 0. The van der Waals surface area contributed by atoms with Gasteiger partial charge in [-0.3, -0.25) is 0 Å². The van der Waals surface area contributed by atoms with E-state index in [1.54, 1.807) is 0 Å². The number of carbonyl (C=O) groups excluding carboxylic acids is 1. The molecule has 1 fully saturated rings. The van der Waals surface area contributed by atoms with Gasteiger partial charge in [-0.1, -0.05) is 27.2 Å². The lowest BCUT2D eigenvalue weighted by Gasteiger charge is -2.29. The highest BCUT2D eigenvalue weighted by Gasteiger charge is 2.53. The molecule has 0 heterocycles. The minimum Gasteiger partial charge on any atom is -0.303 e. The van der Waals surface area contributed by atoms with E-state index in [4.69, 9.17) is 0 Å². The highest BCUT2D eigenvalue weighted by atomic mass is 16.1. The standard InChI is InChI=1S/C9H16O/c1-4-8(2,3)9(7-10)5-6-9/h7H,4-6H2,1-3H3. The molecule has 0 aromatic rings. The summed E-state index contributed by atoms with van der Waals surface area (Å²) in [4.78, 5) is 10.7. The van der Waals surface area contributed by atoms with Gasteiger partial charge in [0.25, 0.3) is 0 Å². The summed E-state index contributed by atoms with van der Waals surface area (Å²) in [6.07, 6.45) is 4.48. The van der Waals surface area contributed by atoms with Crippen molar-refractivity contribution in [2.24, 2.45) is 10.8 Å². The Bertz CT molecular complexity index is 143. The lowest BCUT2D eigenvalue weighted by Crippen LogP contribution is -2.25. The predicted octanol–water partition coefficient (Wildman–Crippen LogP) is 2.40. The summed E-state index contributed by atoms with van der Waals surface area (Å²) in [5.41, 5.74) is 0.288. The van der Waals surface area contributed by atoms with E-state index in [9.17, 15) is 4.79 Å². The van der Waals surface area contributed by atoms with Crippen LogP contribution in [0.3, 0.4) is 0 Å². The molecule has 1 rings (SSSR count). The predicted molar refractivity (Wildman–Crippen MR) is 41.8 cm³/mol. The van der Waals surface area contributed by atoms with Gasteiger partial charge in [-0.2, -0.15) is 0 Å². The van der Waals surface area contributed by atoms with Crippen LogP contribution in [0, 0.1) is 10.8 Å². The van der Waals surface area contributed by atoms with Crippen molar-refractivity contribution in [2.45, 2.75) is 40.0 Å². The first kappa shape index (κ1) is 7.77. The van der Waals surface area contributed by atoms with Crippen LogP contribution in [0.25, 0.3) is 0 Å². The minimum absolute atomic E-state index is 0.0573. The van der Waals surface area contributed by atoms with E-state index in [1.807, 2.05) is 0 Å². The molecule has 0 spiro atoms. The third-order valence-electron chi connectivity index (χ3n) is 3.25. The molecular formula is C9H16O. The fourth-order valence-electron chi connectivity index (χ4n) is 1.44. The number of rotatable bonds is 3. The van der Waals surface area contributed by atoms with Crippen LogP contribution < -0.4 is 0 Å². The van der Waals surface area contributed by atoms with Crippen molar-refractivity contribution >= 4 is 6.29 Å². The molecule has 0 atom stereocenters. The maximum absolute atomic E-state index is 10.7. The maximum Gasteiger partial charge on any atom is 0.126 e. The van der Waals surface area contributed by atoms with Crippen molar-refractivity contribution in [3.8, 4) is 0 Å². The van der Waals surface area contributed by atoms with E-state index < -0.39 is 0 Å². The molecule has 0 aromatic heterocycles. The van der Waals surface area contributed by atoms with E-state index in [0.717, 1.165) is 25.5 Å². The first-order chi connectivity index (χ1) is 4.58. The van der Waals surface area contributed by atoms with Crippen LogP contribution in [-0.2, 0) is 4.79 Å². The van der Waals surface area contributed by atoms with Gasteiger partial charge >= 0.3 is 0 Å². The molecule has 1 aliphatic carbocycles. The number of aldehydes is 1. The van der Waals surface area contributed by atoms with E-state index in [-0.39, 0.29) is 10.8 Å². The zero-order chi connectivity index (χ0) is 7.83. The van der Waals surface area contributed by atoms with Crippen molar-refractivity contribution in [3.05, 3.63) is 0 Å². The maximum atomic E-state index is 10.7. The first-order valence-electron chi connectivity index (χ1n) is 4.04. The normalized spacial score (nSPS) is 22.3. The Morgan fingerprint density at radius 3 is 2.10 bits per heavy atom.